The molecule has 1 aliphatic rings. The van der Waals surface area contributed by atoms with Gasteiger partial charge in [0.25, 0.3) is 0 Å². The zero-order valence-corrected chi connectivity index (χ0v) is 16.2. The van der Waals surface area contributed by atoms with Gasteiger partial charge in [0.15, 0.2) is 0 Å². The molecule has 138 valence electrons. The van der Waals surface area contributed by atoms with E-state index in [-0.39, 0.29) is 5.91 Å². The van der Waals surface area contributed by atoms with Crippen molar-refractivity contribution >= 4 is 49.9 Å². The maximum atomic E-state index is 11.9. The van der Waals surface area contributed by atoms with Crippen molar-refractivity contribution in [2.45, 2.75) is 19.9 Å². The maximum Gasteiger partial charge on any atom is 0.407 e. The van der Waals surface area contributed by atoms with Crippen LogP contribution in [-0.2, 0) is 17.8 Å². The summed E-state index contributed by atoms with van der Waals surface area (Å²) in [4.78, 5) is 30.4. The third-order valence-corrected chi connectivity index (χ3v) is 6.69. The van der Waals surface area contributed by atoms with E-state index in [1.807, 2.05) is 13.0 Å². The van der Waals surface area contributed by atoms with Gasteiger partial charge in [0.1, 0.15) is 10.0 Å². The lowest BCUT2D eigenvalue weighted by molar-refractivity contribution is -0.111. The maximum absolute atomic E-state index is 11.9. The van der Waals surface area contributed by atoms with Crippen LogP contribution in [0.4, 0.5) is 9.80 Å². The summed E-state index contributed by atoms with van der Waals surface area (Å²) in [6.07, 6.45) is 0.905. The van der Waals surface area contributed by atoms with E-state index < -0.39 is 6.09 Å². The summed E-state index contributed by atoms with van der Waals surface area (Å²) < 4.78 is 1.08. The smallest absolute Gasteiger partial charge is 0.407 e. The number of thiophene rings is 1. The van der Waals surface area contributed by atoms with Crippen LogP contribution < -0.4 is 5.32 Å². The predicted molar refractivity (Wildman–Crippen MR) is 109 cm³/mol. The number of amides is 2. The van der Waals surface area contributed by atoms with Gasteiger partial charge in [-0.3, -0.25) is 4.79 Å². The van der Waals surface area contributed by atoms with Crippen molar-refractivity contribution in [2.24, 2.45) is 0 Å². The molecule has 0 aliphatic carbocycles. The highest BCUT2D eigenvalue weighted by molar-refractivity contribution is 7.23. The molecule has 0 atom stereocenters. The predicted octanol–water partition coefficient (Wildman–Crippen LogP) is 4.49. The van der Waals surface area contributed by atoms with Crippen LogP contribution in [0.15, 0.2) is 30.9 Å². The van der Waals surface area contributed by atoms with Gasteiger partial charge in [0.2, 0.25) is 5.91 Å². The van der Waals surface area contributed by atoms with Gasteiger partial charge in [-0.25, -0.2) is 9.78 Å². The minimum absolute atomic E-state index is 0.290. The summed E-state index contributed by atoms with van der Waals surface area (Å²) in [5.41, 5.74) is 4.06. The van der Waals surface area contributed by atoms with E-state index in [1.54, 1.807) is 11.3 Å². The second-order valence-electron chi connectivity index (χ2n) is 6.35. The highest BCUT2D eigenvalue weighted by Gasteiger charge is 2.29. The Balaban J connectivity index is 1.85. The van der Waals surface area contributed by atoms with Gasteiger partial charge < -0.3 is 15.3 Å². The number of hydrogen-bond acceptors (Lipinski definition) is 5. The molecule has 4 rings (SSSR count). The number of aryl methyl sites for hydroxylation is 1. The molecule has 0 saturated carbocycles. The molecule has 0 radical (unpaired) electrons. The Morgan fingerprint density at radius 1 is 1.37 bits per heavy atom. The molecule has 0 fully saturated rings. The van der Waals surface area contributed by atoms with Crippen molar-refractivity contribution in [3.8, 4) is 10.6 Å². The van der Waals surface area contributed by atoms with Gasteiger partial charge in [0.05, 0.1) is 16.8 Å². The van der Waals surface area contributed by atoms with Crippen molar-refractivity contribution in [3.63, 3.8) is 0 Å². The fraction of sp³-hybridized carbons (Fsp3) is 0.211. The molecule has 0 bridgehead atoms. The third kappa shape index (κ3) is 3.22. The minimum Gasteiger partial charge on any atom is -0.465 e. The van der Waals surface area contributed by atoms with E-state index in [2.05, 4.69) is 24.0 Å². The number of nitrogens with one attached hydrogen (secondary N) is 1. The molecule has 0 spiro atoms. The molecule has 2 aromatic heterocycles. The van der Waals surface area contributed by atoms with Crippen molar-refractivity contribution in [1.82, 2.24) is 9.88 Å². The van der Waals surface area contributed by atoms with Crippen molar-refractivity contribution in [2.75, 3.05) is 11.9 Å². The number of rotatable bonds is 3. The summed E-state index contributed by atoms with van der Waals surface area (Å²) in [5, 5.41) is 13.7. The number of carbonyl (C=O) groups excluding carboxylic acids is 1. The van der Waals surface area contributed by atoms with Crippen LogP contribution in [0.1, 0.15) is 16.0 Å². The third-order valence-electron chi connectivity index (χ3n) is 4.51. The normalized spacial score (nSPS) is 13.4. The number of thiazole rings is 1. The molecule has 8 heteroatoms. The topological polar surface area (TPSA) is 82.5 Å². The molecule has 6 nitrogen and oxygen atoms in total. The zero-order chi connectivity index (χ0) is 19.1. The highest BCUT2D eigenvalue weighted by atomic mass is 32.1. The fourth-order valence-electron chi connectivity index (χ4n) is 3.19. The average molecular weight is 399 g/mol. The summed E-state index contributed by atoms with van der Waals surface area (Å²) in [6, 6.07) is 6.15. The van der Waals surface area contributed by atoms with E-state index in [0.717, 1.165) is 36.8 Å². The Bertz CT molecular complexity index is 1080. The first-order valence-corrected chi connectivity index (χ1v) is 10.0. The van der Waals surface area contributed by atoms with Gasteiger partial charge in [0, 0.05) is 17.0 Å². The fourth-order valence-corrected chi connectivity index (χ4v) is 5.55. The van der Waals surface area contributed by atoms with Crippen LogP contribution >= 0.6 is 22.7 Å². The van der Waals surface area contributed by atoms with E-state index in [9.17, 15) is 14.7 Å². The molecule has 1 aromatic carbocycles. The number of fused-ring (bicyclic) bond motifs is 2. The average Bonchev–Trinajstić information content (AvgIpc) is 3.20. The largest absolute Gasteiger partial charge is 0.465 e. The first-order chi connectivity index (χ1) is 13.0. The number of nitrogens with zero attached hydrogens (tertiary/aromatic N) is 2. The minimum atomic E-state index is -0.928. The van der Waals surface area contributed by atoms with E-state index >= 15 is 0 Å². The Labute approximate surface area is 163 Å². The molecule has 1 aliphatic heterocycles. The van der Waals surface area contributed by atoms with Gasteiger partial charge in [-0.15, -0.1) is 22.7 Å². The monoisotopic (exact) mass is 399 g/mol. The summed E-state index contributed by atoms with van der Waals surface area (Å²) >= 11 is 3.00. The number of aromatic nitrogens is 1. The number of carboxylic acid groups (broad SMARTS) is 1. The lowest BCUT2D eigenvalue weighted by atomic mass is 10.0. The van der Waals surface area contributed by atoms with Crippen LogP contribution in [0.3, 0.4) is 0 Å². The van der Waals surface area contributed by atoms with Crippen LogP contribution in [0.5, 0.6) is 0 Å². The molecule has 3 aromatic rings. The Morgan fingerprint density at radius 3 is 2.93 bits per heavy atom. The Hall–Kier alpha value is -2.71. The Kier molecular flexibility index (Phi) is 4.45. The van der Waals surface area contributed by atoms with Gasteiger partial charge >= 0.3 is 6.09 Å². The first kappa shape index (κ1) is 17.7. The quantitative estimate of drug-likeness (QED) is 0.636. The van der Waals surface area contributed by atoms with Crippen LogP contribution in [0.25, 0.3) is 20.8 Å². The molecule has 0 saturated heterocycles. The van der Waals surface area contributed by atoms with Crippen molar-refractivity contribution in [1.29, 1.82) is 0 Å². The highest BCUT2D eigenvalue weighted by Crippen LogP contribution is 2.45. The standard InChI is InChI=1S/C19H17N3O3S2/c1-3-15(23)21-18-16(11-6-7-22(19(24)25)9-14(11)27-18)17-20-12-8-10(2)4-5-13(12)26-17/h3-5,8H,1,6-7,9H2,2H3,(H,21,23)(H,24,25). The van der Waals surface area contributed by atoms with E-state index in [4.69, 9.17) is 4.98 Å². The first-order valence-electron chi connectivity index (χ1n) is 8.39. The SMILES string of the molecule is C=CC(=O)Nc1sc2c(c1-c1nc3cc(C)ccc3s1)CCN(C(=O)O)C2. The zero-order valence-electron chi connectivity index (χ0n) is 14.6. The molecular formula is C19H17N3O3S2. The summed E-state index contributed by atoms with van der Waals surface area (Å²) in [5.74, 6) is -0.290. The molecule has 3 heterocycles. The van der Waals surface area contributed by atoms with Gasteiger partial charge in [-0.05, 0) is 42.7 Å². The van der Waals surface area contributed by atoms with Crippen LogP contribution in [0, 0.1) is 6.92 Å². The van der Waals surface area contributed by atoms with Crippen LogP contribution in [0.2, 0.25) is 0 Å². The summed E-state index contributed by atoms with van der Waals surface area (Å²) in [6.45, 7) is 6.31. The number of anilines is 1. The lowest BCUT2D eigenvalue weighted by Crippen LogP contribution is -2.34. The van der Waals surface area contributed by atoms with E-state index in [1.165, 1.54) is 22.3 Å². The summed E-state index contributed by atoms with van der Waals surface area (Å²) in [7, 11) is 0. The molecule has 27 heavy (non-hydrogen) atoms. The number of carbonyl (C=O) groups is 2. The van der Waals surface area contributed by atoms with Crippen molar-refractivity contribution in [3.05, 3.63) is 46.9 Å². The number of hydrogen-bond donors (Lipinski definition) is 2. The Morgan fingerprint density at radius 2 is 2.19 bits per heavy atom. The van der Waals surface area contributed by atoms with E-state index in [0.29, 0.717) is 24.5 Å². The number of benzene rings is 1. The molecule has 2 N–H and O–H groups in total. The van der Waals surface area contributed by atoms with Crippen LogP contribution in [-0.4, -0.2) is 33.5 Å². The molecule has 0 unspecified atom stereocenters. The van der Waals surface area contributed by atoms with Gasteiger partial charge in [-0.2, -0.15) is 0 Å². The lowest BCUT2D eigenvalue weighted by Gasteiger charge is -2.24. The molecular weight excluding hydrogens is 382 g/mol. The second-order valence-corrected chi connectivity index (χ2v) is 8.48. The molecule has 2 amide bonds. The second kappa shape index (κ2) is 6.79. The van der Waals surface area contributed by atoms with Gasteiger partial charge in [-0.1, -0.05) is 12.6 Å². The van der Waals surface area contributed by atoms with Crippen molar-refractivity contribution < 1.29 is 14.7 Å².